The SMILES string of the molecule is CC(O)Cc1c([N+](=O)[O-])cnn1C. The van der Waals surface area contributed by atoms with Gasteiger partial charge in [0.15, 0.2) is 0 Å². The van der Waals surface area contributed by atoms with E-state index in [0.29, 0.717) is 5.69 Å². The molecule has 1 aromatic heterocycles. The van der Waals surface area contributed by atoms with Gasteiger partial charge in [0, 0.05) is 13.5 Å². The van der Waals surface area contributed by atoms with E-state index in [4.69, 9.17) is 5.11 Å². The van der Waals surface area contributed by atoms with Crippen LogP contribution in [0.25, 0.3) is 0 Å². The van der Waals surface area contributed by atoms with Crippen molar-refractivity contribution < 1.29 is 10.0 Å². The highest BCUT2D eigenvalue weighted by Gasteiger charge is 2.19. The van der Waals surface area contributed by atoms with E-state index in [1.54, 1.807) is 14.0 Å². The van der Waals surface area contributed by atoms with Crippen molar-refractivity contribution in [3.8, 4) is 0 Å². The summed E-state index contributed by atoms with van der Waals surface area (Å²) in [6.45, 7) is 1.58. The third-order valence-electron chi connectivity index (χ3n) is 1.72. The summed E-state index contributed by atoms with van der Waals surface area (Å²) in [6, 6.07) is 0. The molecule has 1 rings (SSSR count). The van der Waals surface area contributed by atoms with Crippen molar-refractivity contribution in [1.29, 1.82) is 0 Å². The lowest BCUT2D eigenvalue weighted by Crippen LogP contribution is -2.10. The zero-order valence-corrected chi connectivity index (χ0v) is 7.47. The molecule has 0 saturated carbocycles. The average Bonchev–Trinajstić information content (AvgIpc) is 2.32. The smallest absolute Gasteiger partial charge is 0.310 e. The average molecular weight is 185 g/mol. The maximum absolute atomic E-state index is 10.5. The molecule has 0 amide bonds. The number of nitrogens with zero attached hydrogens (tertiary/aromatic N) is 3. The van der Waals surface area contributed by atoms with E-state index in [2.05, 4.69) is 5.10 Å². The van der Waals surface area contributed by atoms with E-state index < -0.39 is 11.0 Å². The number of aliphatic hydroxyl groups is 1. The lowest BCUT2D eigenvalue weighted by Gasteiger charge is -2.03. The van der Waals surface area contributed by atoms with Crippen LogP contribution in [-0.2, 0) is 13.5 Å². The van der Waals surface area contributed by atoms with Gasteiger partial charge in [-0.15, -0.1) is 0 Å². The second kappa shape index (κ2) is 3.53. The highest BCUT2D eigenvalue weighted by Crippen LogP contribution is 2.18. The Morgan fingerprint density at radius 1 is 1.85 bits per heavy atom. The minimum Gasteiger partial charge on any atom is -0.393 e. The Hall–Kier alpha value is -1.43. The molecule has 1 aromatic rings. The summed E-state index contributed by atoms with van der Waals surface area (Å²) in [4.78, 5) is 9.99. The molecular formula is C7H11N3O3. The standard InChI is InChI=1S/C7H11N3O3/c1-5(11)3-6-7(10(12)13)4-8-9(6)2/h4-5,11H,3H2,1-2H3. The number of nitro groups is 1. The fraction of sp³-hybridized carbons (Fsp3) is 0.571. The second-order valence-electron chi connectivity index (χ2n) is 2.91. The van der Waals surface area contributed by atoms with Gasteiger partial charge in [-0.3, -0.25) is 14.8 Å². The molecule has 0 aliphatic rings. The van der Waals surface area contributed by atoms with Gasteiger partial charge in [0.25, 0.3) is 0 Å². The zero-order chi connectivity index (χ0) is 10.0. The molecule has 0 aliphatic heterocycles. The summed E-state index contributed by atoms with van der Waals surface area (Å²) in [5.74, 6) is 0. The van der Waals surface area contributed by atoms with E-state index >= 15 is 0 Å². The molecular weight excluding hydrogens is 174 g/mol. The quantitative estimate of drug-likeness (QED) is 0.540. The van der Waals surface area contributed by atoms with Gasteiger partial charge in [0.05, 0.1) is 11.0 Å². The second-order valence-corrected chi connectivity index (χ2v) is 2.91. The van der Waals surface area contributed by atoms with Crippen LogP contribution in [0.3, 0.4) is 0 Å². The van der Waals surface area contributed by atoms with E-state index in [0.717, 1.165) is 0 Å². The summed E-state index contributed by atoms with van der Waals surface area (Å²) in [5.41, 5.74) is 0.406. The topological polar surface area (TPSA) is 81.2 Å². The number of hydrogen-bond acceptors (Lipinski definition) is 4. The minimum absolute atomic E-state index is 0.0385. The highest BCUT2D eigenvalue weighted by atomic mass is 16.6. The minimum atomic E-state index is -0.603. The summed E-state index contributed by atoms with van der Waals surface area (Å²) in [5, 5.41) is 23.3. The monoisotopic (exact) mass is 185 g/mol. The van der Waals surface area contributed by atoms with Gasteiger partial charge < -0.3 is 5.11 Å². The molecule has 0 aromatic carbocycles. The van der Waals surface area contributed by atoms with E-state index in [1.807, 2.05) is 0 Å². The lowest BCUT2D eigenvalue weighted by atomic mass is 10.2. The molecule has 0 bridgehead atoms. The maximum atomic E-state index is 10.5. The summed E-state index contributed by atoms with van der Waals surface area (Å²) in [7, 11) is 1.62. The Balaban J connectivity index is 3.01. The van der Waals surface area contributed by atoms with Gasteiger partial charge in [0.2, 0.25) is 0 Å². The maximum Gasteiger partial charge on any atom is 0.310 e. The van der Waals surface area contributed by atoms with Crippen molar-refractivity contribution in [3.63, 3.8) is 0 Å². The number of aryl methyl sites for hydroxylation is 1. The summed E-state index contributed by atoms with van der Waals surface area (Å²) < 4.78 is 1.41. The van der Waals surface area contributed by atoms with Crippen LogP contribution < -0.4 is 0 Å². The van der Waals surface area contributed by atoms with Crippen molar-refractivity contribution in [3.05, 3.63) is 22.0 Å². The van der Waals surface area contributed by atoms with Crippen LogP contribution in [0.15, 0.2) is 6.20 Å². The molecule has 0 saturated heterocycles. The predicted molar refractivity (Wildman–Crippen MR) is 45.2 cm³/mol. The van der Waals surface area contributed by atoms with Crippen molar-refractivity contribution in [1.82, 2.24) is 9.78 Å². The van der Waals surface area contributed by atoms with Crippen LogP contribution in [0.2, 0.25) is 0 Å². The number of rotatable bonds is 3. The third kappa shape index (κ3) is 2.03. The Bertz CT molecular complexity index is 319. The van der Waals surface area contributed by atoms with Crippen LogP contribution >= 0.6 is 0 Å². The van der Waals surface area contributed by atoms with Crippen molar-refractivity contribution in [2.24, 2.45) is 7.05 Å². The van der Waals surface area contributed by atoms with E-state index in [-0.39, 0.29) is 12.1 Å². The molecule has 1 unspecified atom stereocenters. The molecule has 0 spiro atoms. The summed E-state index contributed by atoms with van der Waals surface area (Å²) >= 11 is 0. The van der Waals surface area contributed by atoms with Crippen molar-refractivity contribution in [2.75, 3.05) is 0 Å². The fourth-order valence-electron chi connectivity index (χ4n) is 1.12. The molecule has 0 aliphatic carbocycles. The molecule has 1 N–H and O–H groups in total. The predicted octanol–water partition coefficient (Wildman–Crippen LogP) is 0.252. The molecule has 1 heterocycles. The Morgan fingerprint density at radius 3 is 2.92 bits per heavy atom. The molecule has 6 heteroatoms. The Morgan fingerprint density at radius 2 is 2.46 bits per heavy atom. The van der Waals surface area contributed by atoms with Gasteiger partial charge in [-0.25, -0.2) is 0 Å². The van der Waals surface area contributed by atoms with E-state index in [1.165, 1.54) is 10.9 Å². The largest absolute Gasteiger partial charge is 0.393 e. The van der Waals surface area contributed by atoms with Crippen LogP contribution in [-0.4, -0.2) is 25.9 Å². The Kier molecular flexibility index (Phi) is 2.62. The molecule has 0 radical (unpaired) electrons. The third-order valence-corrected chi connectivity index (χ3v) is 1.72. The first-order chi connectivity index (χ1) is 6.02. The first-order valence-corrected chi connectivity index (χ1v) is 3.85. The zero-order valence-electron chi connectivity index (χ0n) is 7.47. The molecule has 6 nitrogen and oxygen atoms in total. The molecule has 13 heavy (non-hydrogen) atoms. The number of aliphatic hydroxyl groups excluding tert-OH is 1. The lowest BCUT2D eigenvalue weighted by molar-refractivity contribution is -0.385. The van der Waals surface area contributed by atoms with Gasteiger partial charge >= 0.3 is 5.69 Å². The van der Waals surface area contributed by atoms with Crippen LogP contribution in [0, 0.1) is 10.1 Å². The number of aromatic nitrogens is 2. The van der Waals surface area contributed by atoms with Crippen molar-refractivity contribution >= 4 is 5.69 Å². The highest BCUT2D eigenvalue weighted by molar-refractivity contribution is 5.33. The van der Waals surface area contributed by atoms with Crippen molar-refractivity contribution in [2.45, 2.75) is 19.4 Å². The van der Waals surface area contributed by atoms with Crippen LogP contribution in [0.4, 0.5) is 5.69 Å². The van der Waals surface area contributed by atoms with Gasteiger partial charge in [0.1, 0.15) is 11.9 Å². The number of hydrogen-bond donors (Lipinski definition) is 1. The summed E-state index contributed by atoms with van der Waals surface area (Å²) in [6.07, 6.45) is 0.832. The normalized spacial score (nSPS) is 12.8. The first-order valence-electron chi connectivity index (χ1n) is 3.85. The Labute approximate surface area is 74.9 Å². The van der Waals surface area contributed by atoms with Gasteiger partial charge in [-0.2, -0.15) is 5.10 Å². The molecule has 0 fully saturated rings. The van der Waals surface area contributed by atoms with Crippen LogP contribution in [0.5, 0.6) is 0 Å². The molecule has 72 valence electrons. The van der Waals surface area contributed by atoms with Gasteiger partial charge in [-0.05, 0) is 6.92 Å². The van der Waals surface area contributed by atoms with Crippen LogP contribution in [0.1, 0.15) is 12.6 Å². The van der Waals surface area contributed by atoms with Gasteiger partial charge in [-0.1, -0.05) is 0 Å². The first kappa shape index (κ1) is 9.66. The molecule has 1 atom stereocenters. The van der Waals surface area contributed by atoms with E-state index in [9.17, 15) is 10.1 Å². The fourth-order valence-corrected chi connectivity index (χ4v) is 1.12.